The lowest BCUT2D eigenvalue weighted by Crippen LogP contribution is -1.84. The maximum Gasteiger partial charge on any atom is 0.328 e. The molecular formula is C23H34O2. The van der Waals surface area contributed by atoms with Crippen molar-refractivity contribution >= 4 is 5.97 Å². The van der Waals surface area contributed by atoms with Crippen molar-refractivity contribution in [1.29, 1.82) is 0 Å². The van der Waals surface area contributed by atoms with Crippen molar-refractivity contribution in [2.75, 3.05) is 0 Å². The molecule has 0 bridgehead atoms. The van der Waals surface area contributed by atoms with Gasteiger partial charge in [-0.25, -0.2) is 4.79 Å². The standard InChI is InChI=1S/C23H34O2/c1-2-3-4-5-6-7-8-9-10-11-12-13-14-15-16-17-18-19-20-21-22-23(24)25/h11-22H,2-10H2,1H3,(H,24,25). The van der Waals surface area contributed by atoms with Gasteiger partial charge >= 0.3 is 5.97 Å². The van der Waals surface area contributed by atoms with Gasteiger partial charge in [-0.15, -0.1) is 0 Å². The van der Waals surface area contributed by atoms with Crippen LogP contribution in [0.4, 0.5) is 0 Å². The summed E-state index contributed by atoms with van der Waals surface area (Å²) in [7, 11) is 0. The molecule has 0 amide bonds. The van der Waals surface area contributed by atoms with Gasteiger partial charge in [0.1, 0.15) is 0 Å². The van der Waals surface area contributed by atoms with Crippen molar-refractivity contribution in [3.8, 4) is 0 Å². The quantitative estimate of drug-likeness (QED) is 0.199. The summed E-state index contributed by atoms with van der Waals surface area (Å²) in [5.74, 6) is -0.936. The summed E-state index contributed by atoms with van der Waals surface area (Å²) >= 11 is 0. The fourth-order valence-electron chi connectivity index (χ4n) is 2.22. The highest BCUT2D eigenvalue weighted by Crippen LogP contribution is 2.09. The molecule has 0 aliphatic rings. The Kier molecular flexibility index (Phi) is 18.3. The molecule has 138 valence electrons. The molecule has 1 N–H and O–H groups in total. The van der Waals surface area contributed by atoms with Crippen molar-refractivity contribution in [3.05, 3.63) is 72.9 Å². The highest BCUT2D eigenvalue weighted by molar-refractivity contribution is 5.80. The first-order valence-electron chi connectivity index (χ1n) is 9.50. The summed E-state index contributed by atoms with van der Waals surface area (Å²) in [6, 6.07) is 0. The molecule has 0 aliphatic carbocycles. The summed E-state index contributed by atoms with van der Waals surface area (Å²) in [5, 5.41) is 8.40. The van der Waals surface area contributed by atoms with E-state index >= 15 is 0 Å². The van der Waals surface area contributed by atoms with Crippen molar-refractivity contribution in [2.45, 2.75) is 64.7 Å². The van der Waals surface area contributed by atoms with E-state index in [9.17, 15) is 4.79 Å². The second-order valence-corrected chi connectivity index (χ2v) is 5.93. The van der Waals surface area contributed by atoms with Gasteiger partial charge in [0.2, 0.25) is 0 Å². The molecule has 0 spiro atoms. The molecule has 0 unspecified atom stereocenters. The highest BCUT2D eigenvalue weighted by atomic mass is 16.4. The second-order valence-electron chi connectivity index (χ2n) is 5.93. The minimum absolute atomic E-state index is 0.936. The predicted molar refractivity (Wildman–Crippen MR) is 110 cm³/mol. The zero-order valence-corrected chi connectivity index (χ0v) is 15.6. The van der Waals surface area contributed by atoms with Crippen LogP contribution in [0.5, 0.6) is 0 Å². The number of rotatable bonds is 15. The van der Waals surface area contributed by atoms with E-state index in [-0.39, 0.29) is 0 Å². The van der Waals surface area contributed by atoms with E-state index in [1.165, 1.54) is 57.4 Å². The summed E-state index contributed by atoms with van der Waals surface area (Å²) in [6.45, 7) is 2.26. The van der Waals surface area contributed by atoms with E-state index < -0.39 is 5.97 Å². The molecule has 0 aliphatic heterocycles. The maximum atomic E-state index is 10.2. The van der Waals surface area contributed by atoms with Gasteiger partial charge in [0.25, 0.3) is 0 Å². The number of aliphatic carboxylic acids is 1. The third-order valence-electron chi connectivity index (χ3n) is 3.60. The van der Waals surface area contributed by atoms with Crippen LogP contribution in [0.25, 0.3) is 0 Å². The number of carboxylic acids is 1. The number of carbonyl (C=O) groups is 1. The Morgan fingerprint density at radius 3 is 1.60 bits per heavy atom. The molecule has 0 aromatic heterocycles. The molecule has 0 atom stereocenters. The Balaban J connectivity index is 3.54. The van der Waals surface area contributed by atoms with Crippen molar-refractivity contribution in [3.63, 3.8) is 0 Å². The van der Waals surface area contributed by atoms with Crippen LogP contribution in [0, 0.1) is 0 Å². The zero-order chi connectivity index (χ0) is 18.4. The molecule has 25 heavy (non-hydrogen) atoms. The highest BCUT2D eigenvalue weighted by Gasteiger charge is 1.89. The van der Waals surface area contributed by atoms with Crippen molar-refractivity contribution < 1.29 is 9.90 Å². The third kappa shape index (κ3) is 21.9. The molecule has 0 heterocycles. The molecule has 0 aromatic rings. The van der Waals surface area contributed by atoms with E-state index in [0.29, 0.717) is 0 Å². The second kappa shape index (κ2) is 20.0. The number of carboxylic acid groups (broad SMARTS) is 1. The minimum Gasteiger partial charge on any atom is -0.478 e. The summed E-state index contributed by atoms with van der Waals surface area (Å²) < 4.78 is 0. The smallest absolute Gasteiger partial charge is 0.328 e. The Hall–Kier alpha value is -2.09. The average Bonchev–Trinajstić information content (AvgIpc) is 2.60. The monoisotopic (exact) mass is 342 g/mol. The van der Waals surface area contributed by atoms with Gasteiger partial charge in [0, 0.05) is 6.08 Å². The first-order chi connectivity index (χ1) is 12.3. The summed E-state index contributed by atoms with van der Waals surface area (Å²) in [5.41, 5.74) is 0. The molecule has 0 aromatic carbocycles. The van der Waals surface area contributed by atoms with E-state index in [1.807, 2.05) is 36.5 Å². The fraction of sp³-hybridized carbons (Fsp3) is 0.435. The first kappa shape index (κ1) is 22.9. The lowest BCUT2D eigenvalue weighted by molar-refractivity contribution is -0.131. The number of hydrogen-bond donors (Lipinski definition) is 1. The third-order valence-corrected chi connectivity index (χ3v) is 3.60. The number of hydrogen-bond acceptors (Lipinski definition) is 1. The topological polar surface area (TPSA) is 37.3 Å². The summed E-state index contributed by atoms with van der Waals surface area (Å²) in [6.07, 6.45) is 34.2. The van der Waals surface area contributed by atoms with E-state index in [1.54, 1.807) is 12.2 Å². The van der Waals surface area contributed by atoms with Crippen molar-refractivity contribution in [1.82, 2.24) is 0 Å². The van der Waals surface area contributed by atoms with Gasteiger partial charge < -0.3 is 5.11 Å². The first-order valence-corrected chi connectivity index (χ1v) is 9.50. The lowest BCUT2D eigenvalue weighted by Gasteiger charge is -1.99. The zero-order valence-electron chi connectivity index (χ0n) is 15.6. The largest absolute Gasteiger partial charge is 0.478 e. The van der Waals surface area contributed by atoms with Crippen LogP contribution in [0.1, 0.15) is 64.7 Å². The van der Waals surface area contributed by atoms with Gasteiger partial charge in [0.05, 0.1) is 0 Å². The van der Waals surface area contributed by atoms with Crippen LogP contribution in [0.3, 0.4) is 0 Å². The Labute approximate surface area is 154 Å². The van der Waals surface area contributed by atoms with Gasteiger partial charge in [-0.2, -0.15) is 0 Å². The Morgan fingerprint density at radius 1 is 0.640 bits per heavy atom. The van der Waals surface area contributed by atoms with E-state index in [4.69, 9.17) is 5.11 Å². The molecule has 2 nitrogen and oxygen atoms in total. The fourth-order valence-corrected chi connectivity index (χ4v) is 2.22. The SMILES string of the molecule is CCCCCCCCCCC=CC=CC=CC=CC=CC=CC(=O)O. The van der Waals surface area contributed by atoms with Crippen LogP contribution < -0.4 is 0 Å². The van der Waals surface area contributed by atoms with Crippen LogP contribution in [-0.2, 0) is 4.79 Å². The van der Waals surface area contributed by atoms with Gasteiger partial charge in [-0.05, 0) is 12.8 Å². The number of unbranched alkanes of at least 4 members (excludes halogenated alkanes) is 8. The van der Waals surface area contributed by atoms with Crippen molar-refractivity contribution in [2.24, 2.45) is 0 Å². The van der Waals surface area contributed by atoms with E-state index in [2.05, 4.69) is 19.1 Å². The molecule has 0 radical (unpaired) electrons. The Morgan fingerprint density at radius 2 is 1.08 bits per heavy atom. The Bertz CT molecular complexity index is 476. The molecule has 0 saturated carbocycles. The lowest BCUT2D eigenvalue weighted by atomic mass is 10.1. The average molecular weight is 343 g/mol. The molecular weight excluding hydrogens is 308 g/mol. The minimum atomic E-state index is -0.936. The molecule has 0 fully saturated rings. The predicted octanol–water partition coefficient (Wildman–Crippen LogP) is 6.94. The normalized spacial score (nSPS) is 13.0. The van der Waals surface area contributed by atoms with Crippen LogP contribution in [0.15, 0.2) is 72.9 Å². The molecule has 0 saturated heterocycles. The number of allylic oxidation sites excluding steroid dienone is 11. The van der Waals surface area contributed by atoms with E-state index in [0.717, 1.165) is 12.5 Å². The van der Waals surface area contributed by atoms with Crippen LogP contribution >= 0.6 is 0 Å². The van der Waals surface area contributed by atoms with Gasteiger partial charge in [0.15, 0.2) is 0 Å². The summed E-state index contributed by atoms with van der Waals surface area (Å²) in [4.78, 5) is 10.2. The molecule has 0 rings (SSSR count). The van der Waals surface area contributed by atoms with Crippen LogP contribution in [0.2, 0.25) is 0 Å². The van der Waals surface area contributed by atoms with Crippen LogP contribution in [-0.4, -0.2) is 11.1 Å². The maximum absolute atomic E-state index is 10.2. The van der Waals surface area contributed by atoms with Gasteiger partial charge in [-0.3, -0.25) is 0 Å². The molecule has 2 heteroatoms. The van der Waals surface area contributed by atoms with Gasteiger partial charge in [-0.1, -0.05) is 119 Å².